The number of hydrogen-bond acceptors (Lipinski definition) is 5. The van der Waals surface area contributed by atoms with Gasteiger partial charge in [-0.1, -0.05) is 12.1 Å². The molecule has 2 aliphatic rings. The minimum Gasteiger partial charge on any atom is -0.495 e. The molecule has 1 amide bonds. The van der Waals surface area contributed by atoms with Crippen LogP contribution >= 0.6 is 0 Å². The Balaban J connectivity index is 1.38. The van der Waals surface area contributed by atoms with E-state index in [0.29, 0.717) is 12.4 Å². The molecular formula is C24H28N6O3. The van der Waals surface area contributed by atoms with Crippen LogP contribution in [0.1, 0.15) is 54.5 Å². The maximum Gasteiger partial charge on any atom is 0.407 e. The first-order valence-electron chi connectivity index (χ1n) is 11.3. The molecule has 33 heavy (non-hydrogen) atoms. The second-order valence-corrected chi connectivity index (χ2v) is 8.67. The van der Waals surface area contributed by atoms with Crippen molar-refractivity contribution in [1.82, 2.24) is 29.2 Å². The van der Waals surface area contributed by atoms with Gasteiger partial charge in [0.2, 0.25) is 0 Å². The Hall–Kier alpha value is -3.62. The number of aryl methyl sites for hydroxylation is 2. The fourth-order valence-corrected chi connectivity index (χ4v) is 5.02. The van der Waals surface area contributed by atoms with E-state index in [1.807, 2.05) is 52.7 Å². The number of methoxy groups -OCH3 is 1. The second-order valence-electron chi connectivity index (χ2n) is 8.67. The van der Waals surface area contributed by atoms with Crippen LogP contribution in [-0.2, 0) is 6.54 Å². The third-order valence-electron chi connectivity index (χ3n) is 6.56. The molecule has 5 rings (SSSR count). The molecule has 0 spiro atoms. The van der Waals surface area contributed by atoms with Crippen LogP contribution in [0, 0.1) is 6.92 Å². The van der Waals surface area contributed by atoms with Crippen molar-refractivity contribution in [3.8, 4) is 11.4 Å². The van der Waals surface area contributed by atoms with E-state index in [1.54, 1.807) is 18.3 Å². The van der Waals surface area contributed by atoms with Gasteiger partial charge in [0.25, 0.3) is 0 Å². The van der Waals surface area contributed by atoms with E-state index in [2.05, 4.69) is 10.1 Å². The number of carboxylic acid groups (broad SMARTS) is 1. The SMILES string of the molecule is COc1cc(/C=C/c2nc3n(n2)CCCC3C2CCCN2C(=O)O)ccc1-n1cnc(C)c1. The van der Waals surface area contributed by atoms with Gasteiger partial charge in [0.15, 0.2) is 5.82 Å². The van der Waals surface area contributed by atoms with Gasteiger partial charge in [-0.25, -0.2) is 19.4 Å². The highest BCUT2D eigenvalue weighted by molar-refractivity contribution is 5.69. The number of imidazole rings is 1. The molecule has 4 heterocycles. The van der Waals surface area contributed by atoms with E-state index in [1.165, 1.54) is 0 Å². The van der Waals surface area contributed by atoms with Gasteiger partial charge in [0.1, 0.15) is 11.6 Å². The lowest BCUT2D eigenvalue weighted by atomic mass is 9.90. The molecule has 2 aliphatic heterocycles. The van der Waals surface area contributed by atoms with Crippen LogP contribution in [0.4, 0.5) is 4.79 Å². The fourth-order valence-electron chi connectivity index (χ4n) is 5.02. The van der Waals surface area contributed by atoms with Crippen molar-refractivity contribution in [3.63, 3.8) is 0 Å². The lowest BCUT2D eigenvalue weighted by Gasteiger charge is -2.31. The zero-order chi connectivity index (χ0) is 22.9. The second kappa shape index (κ2) is 8.73. The number of ether oxygens (including phenoxy) is 1. The maximum absolute atomic E-state index is 11.7. The molecule has 2 aromatic heterocycles. The number of aromatic nitrogens is 5. The summed E-state index contributed by atoms with van der Waals surface area (Å²) in [6, 6.07) is 5.99. The van der Waals surface area contributed by atoms with E-state index in [-0.39, 0.29) is 12.0 Å². The average Bonchev–Trinajstić information content (AvgIpc) is 3.56. The minimum atomic E-state index is -0.836. The number of carbonyl (C=O) groups is 1. The van der Waals surface area contributed by atoms with E-state index in [4.69, 9.17) is 9.72 Å². The number of nitrogens with zero attached hydrogens (tertiary/aromatic N) is 6. The van der Waals surface area contributed by atoms with Crippen LogP contribution in [0.15, 0.2) is 30.7 Å². The van der Waals surface area contributed by atoms with Gasteiger partial charge in [0.05, 0.1) is 24.8 Å². The summed E-state index contributed by atoms with van der Waals surface area (Å²) in [7, 11) is 1.66. The molecule has 9 nitrogen and oxygen atoms in total. The molecular weight excluding hydrogens is 420 g/mol. The highest BCUT2D eigenvalue weighted by Crippen LogP contribution is 2.36. The van der Waals surface area contributed by atoms with E-state index in [0.717, 1.165) is 60.7 Å². The molecule has 172 valence electrons. The molecule has 0 saturated carbocycles. The number of hydrogen-bond donors (Lipinski definition) is 1. The maximum atomic E-state index is 11.7. The molecule has 0 bridgehead atoms. The Morgan fingerprint density at radius 3 is 2.82 bits per heavy atom. The molecule has 0 radical (unpaired) electrons. The molecule has 1 N–H and O–H groups in total. The number of likely N-dealkylation sites (tertiary alicyclic amines) is 1. The summed E-state index contributed by atoms with van der Waals surface area (Å²) in [5, 5.41) is 14.2. The predicted molar refractivity (Wildman–Crippen MR) is 124 cm³/mol. The standard InChI is InChI=1S/C24H28N6O3/c1-16-14-28(15-25-16)20-9-7-17(13-21(20)33-2)8-10-22-26-23-18(5-3-12-30(23)27-22)19-6-4-11-29(19)24(31)32/h7-10,13-15,18-19H,3-6,11-12H2,1-2H3,(H,31,32)/b10-8+. The van der Waals surface area contributed by atoms with Crippen LogP contribution in [0.5, 0.6) is 5.75 Å². The summed E-state index contributed by atoms with van der Waals surface area (Å²) in [5.74, 6) is 2.40. The minimum absolute atomic E-state index is 0.00815. The summed E-state index contributed by atoms with van der Waals surface area (Å²) in [6.45, 7) is 3.38. The number of rotatable bonds is 5. The van der Waals surface area contributed by atoms with Gasteiger partial charge in [-0.2, -0.15) is 5.10 Å². The van der Waals surface area contributed by atoms with Crippen LogP contribution in [0.3, 0.4) is 0 Å². The number of amides is 1. The number of fused-ring (bicyclic) bond motifs is 1. The van der Waals surface area contributed by atoms with Crippen molar-refractivity contribution in [2.75, 3.05) is 13.7 Å². The normalized spacial score (nSPS) is 20.4. The molecule has 2 atom stereocenters. The summed E-state index contributed by atoms with van der Waals surface area (Å²) in [5.41, 5.74) is 2.84. The summed E-state index contributed by atoms with van der Waals surface area (Å²) in [6.07, 6.45) is 10.5. The average molecular weight is 449 g/mol. The monoisotopic (exact) mass is 448 g/mol. The Bertz CT molecular complexity index is 1200. The molecule has 1 fully saturated rings. The summed E-state index contributed by atoms with van der Waals surface area (Å²) in [4.78, 5) is 22.3. The van der Waals surface area contributed by atoms with E-state index < -0.39 is 6.09 Å². The van der Waals surface area contributed by atoms with E-state index >= 15 is 0 Å². The molecule has 3 aromatic rings. The van der Waals surface area contributed by atoms with Gasteiger partial charge in [-0.15, -0.1) is 0 Å². The van der Waals surface area contributed by atoms with Gasteiger partial charge in [-0.3, -0.25) is 0 Å². The largest absolute Gasteiger partial charge is 0.495 e. The van der Waals surface area contributed by atoms with Crippen molar-refractivity contribution >= 4 is 18.2 Å². The highest BCUT2D eigenvalue weighted by atomic mass is 16.5. The summed E-state index contributed by atoms with van der Waals surface area (Å²) >= 11 is 0. The quantitative estimate of drug-likeness (QED) is 0.634. The highest BCUT2D eigenvalue weighted by Gasteiger charge is 2.39. The number of benzene rings is 1. The van der Waals surface area contributed by atoms with Gasteiger partial charge < -0.3 is 19.3 Å². The smallest absolute Gasteiger partial charge is 0.407 e. The fraction of sp³-hybridized carbons (Fsp3) is 0.417. The van der Waals surface area contributed by atoms with E-state index in [9.17, 15) is 9.90 Å². The lowest BCUT2D eigenvalue weighted by molar-refractivity contribution is 0.129. The molecule has 1 aromatic carbocycles. The first-order chi connectivity index (χ1) is 16.0. The van der Waals surface area contributed by atoms with Crippen molar-refractivity contribution in [1.29, 1.82) is 0 Å². The first-order valence-corrected chi connectivity index (χ1v) is 11.3. The predicted octanol–water partition coefficient (Wildman–Crippen LogP) is 3.97. The molecule has 9 heteroatoms. The van der Waals surface area contributed by atoms with Crippen LogP contribution in [0.25, 0.3) is 17.8 Å². The Morgan fingerprint density at radius 2 is 2.06 bits per heavy atom. The van der Waals surface area contributed by atoms with Crippen molar-refractivity contribution in [3.05, 3.63) is 53.6 Å². The Morgan fingerprint density at radius 1 is 1.21 bits per heavy atom. The Kier molecular flexibility index (Phi) is 5.62. The van der Waals surface area contributed by atoms with Gasteiger partial charge in [0, 0.05) is 31.2 Å². The molecule has 1 saturated heterocycles. The van der Waals surface area contributed by atoms with Crippen LogP contribution in [-0.4, -0.2) is 60.1 Å². The van der Waals surface area contributed by atoms with Crippen molar-refractivity contribution in [2.24, 2.45) is 0 Å². The third kappa shape index (κ3) is 4.10. The van der Waals surface area contributed by atoms with Crippen LogP contribution < -0.4 is 4.74 Å². The molecule has 0 aliphatic carbocycles. The first kappa shape index (κ1) is 21.2. The topological polar surface area (TPSA) is 98.3 Å². The zero-order valence-electron chi connectivity index (χ0n) is 18.9. The summed E-state index contributed by atoms with van der Waals surface area (Å²) < 4.78 is 9.49. The van der Waals surface area contributed by atoms with Crippen molar-refractivity contribution in [2.45, 2.75) is 51.1 Å². The molecule has 2 unspecified atom stereocenters. The van der Waals surface area contributed by atoms with Gasteiger partial charge in [-0.05, 0) is 56.4 Å². The Labute approximate surface area is 192 Å². The zero-order valence-corrected chi connectivity index (χ0v) is 18.9. The van der Waals surface area contributed by atoms with Crippen LogP contribution in [0.2, 0.25) is 0 Å². The lowest BCUT2D eigenvalue weighted by Crippen LogP contribution is -2.40. The van der Waals surface area contributed by atoms with Gasteiger partial charge >= 0.3 is 6.09 Å². The third-order valence-corrected chi connectivity index (χ3v) is 6.56. The van der Waals surface area contributed by atoms with Crippen molar-refractivity contribution < 1.29 is 14.6 Å².